The quantitative estimate of drug-likeness (QED) is 0.659. The summed E-state index contributed by atoms with van der Waals surface area (Å²) in [7, 11) is 3.80. The normalized spacial score (nSPS) is 11.1. The third-order valence-electron chi connectivity index (χ3n) is 4.17. The average molecular weight is 351 g/mol. The Balaban J connectivity index is 2.10. The van der Waals surface area contributed by atoms with Crippen LogP contribution in [0.4, 0.5) is 0 Å². The van der Waals surface area contributed by atoms with Gasteiger partial charge in [-0.15, -0.1) is 0 Å². The molecule has 0 bridgehead atoms. The second-order valence-electron chi connectivity index (χ2n) is 6.37. The molecule has 134 valence electrons. The summed E-state index contributed by atoms with van der Waals surface area (Å²) in [5, 5.41) is 0.379. The lowest BCUT2D eigenvalue weighted by atomic mass is 10.0. The van der Waals surface area contributed by atoms with Gasteiger partial charge >= 0.3 is 5.97 Å². The molecule has 3 aromatic rings. The number of ether oxygens (including phenoxy) is 1. The summed E-state index contributed by atoms with van der Waals surface area (Å²) in [5.41, 5.74) is 1.68. The first-order chi connectivity index (χ1) is 12.5. The molecule has 0 saturated carbocycles. The van der Waals surface area contributed by atoms with Crippen molar-refractivity contribution < 1.29 is 13.9 Å². The Hall–Kier alpha value is -2.92. The largest absolute Gasteiger partial charge is 0.461 e. The number of benzene rings is 2. The van der Waals surface area contributed by atoms with Crippen LogP contribution in [0, 0.1) is 6.92 Å². The number of rotatable bonds is 5. The fourth-order valence-corrected chi connectivity index (χ4v) is 2.73. The van der Waals surface area contributed by atoms with Gasteiger partial charge in [-0.25, -0.2) is 4.79 Å². The van der Waals surface area contributed by atoms with Crippen LogP contribution in [0.15, 0.2) is 57.7 Å². The van der Waals surface area contributed by atoms with Crippen LogP contribution in [-0.4, -0.2) is 38.1 Å². The Morgan fingerprint density at radius 1 is 1.08 bits per heavy atom. The molecular weight excluding hydrogens is 330 g/mol. The minimum atomic E-state index is -0.497. The second kappa shape index (κ2) is 7.54. The van der Waals surface area contributed by atoms with Crippen molar-refractivity contribution in [2.45, 2.75) is 6.92 Å². The van der Waals surface area contributed by atoms with Crippen LogP contribution in [0.2, 0.25) is 0 Å². The number of carbonyl (C=O) groups is 1. The highest BCUT2D eigenvalue weighted by molar-refractivity contribution is 6.02. The van der Waals surface area contributed by atoms with Crippen LogP contribution in [0.3, 0.4) is 0 Å². The van der Waals surface area contributed by atoms with E-state index in [4.69, 9.17) is 9.15 Å². The standard InChI is InChI=1S/C21H21NO4/c1-14-18(23)16-10-7-11-17(21(24)25-13-12-22(2)3)20(16)26-19(14)15-8-5-4-6-9-15/h4-11H,12-13H2,1-3H3. The van der Waals surface area contributed by atoms with E-state index in [9.17, 15) is 9.59 Å². The zero-order valence-corrected chi connectivity index (χ0v) is 15.1. The minimum absolute atomic E-state index is 0.145. The number of esters is 1. The van der Waals surface area contributed by atoms with Gasteiger partial charge < -0.3 is 14.1 Å². The second-order valence-corrected chi connectivity index (χ2v) is 6.37. The highest BCUT2D eigenvalue weighted by Gasteiger charge is 2.19. The van der Waals surface area contributed by atoms with Crippen LogP contribution in [0.1, 0.15) is 15.9 Å². The predicted molar refractivity (Wildman–Crippen MR) is 101 cm³/mol. The first-order valence-corrected chi connectivity index (χ1v) is 8.42. The zero-order valence-electron chi connectivity index (χ0n) is 15.1. The van der Waals surface area contributed by atoms with Crippen molar-refractivity contribution >= 4 is 16.9 Å². The first kappa shape index (κ1) is 17.9. The molecule has 0 aliphatic rings. The highest BCUT2D eigenvalue weighted by atomic mass is 16.5. The van der Waals surface area contributed by atoms with E-state index in [1.807, 2.05) is 49.3 Å². The topological polar surface area (TPSA) is 59.8 Å². The van der Waals surface area contributed by atoms with E-state index in [0.29, 0.717) is 23.3 Å². The van der Waals surface area contributed by atoms with Gasteiger partial charge in [-0.05, 0) is 33.2 Å². The fourth-order valence-electron chi connectivity index (χ4n) is 2.73. The fraction of sp³-hybridized carbons (Fsp3) is 0.238. The molecule has 1 aromatic heterocycles. The van der Waals surface area contributed by atoms with E-state index in [1.165, 1.54) is 0 Å². The smallest absolute Gasteiger partial charge is 0.342 e. The summed E-state index contributed by atoms with van der Waals surface area (Å²) in [6.45, 7) is 2.62. The van der Waals surface area contributed by atoms with Crippen LogP contribution < -0.4 is 5.43 Å². The molecule has 5 nitrogen and oxygen atoms in total. The van der Waals surface area contributed by atoms with Gasteiger partial charge in [0.2, 0.25) is 0 Å². The number of fused-ring (bicyclic) bond motifs is 1. The summed E-state index contributed by atoms with van der Waals surface area (Å²) >= 11 is 0. The minimum Gasteiger partial charge on any atom is -0.461 e. The molecule has 3 rings (SSSR count). The number of hydrogen-bond acceptors (Lipinski definition) is 5. The van der Waals surface area contributed by atoms with E-state index < -0.39 is 5.97 Å². The molecular formula is C21H21NO4. The summed E-state index contributed by atoms with van der Waals surface area (Å²) in [6.07, 6.45) is 0. The molecule has 0 spiro atoms. The van der Waals surface area contributed by atoms with Crippen molar-refractivity contribution in [2.75, 3.05) is 27.2 Å². The Labute approximate surface area is 151 Å². The van der Waals surface area contributed by atoms with Crippen molar-refractivity contribution in [3.05, 3.63) is 69.9 Å². The lowest BCUT2D eigenvalue weighted by Crippen LogP contribution is -2.20. The summed E-state index contributed by atoms with van der Waals surface area (Å²) < 4.78 is 11.3. The molecule has 1 heterocycles. The van der Waals surface area contributed by atoms with Crippen molar-refractivity contribution in [1.29, 1.82) is 0 Å². The first-order valence-electron chi connectivity index (χ1n) is 8.42. The summed E-state index contributed by atoms with van der Waals surface area (Å²) in [4.78, 5) is 27.2. The lowest BCUT2D eigenvalue weighted by Gasteiger charge is -2.12. The molecule has 0 atom stereocenters. The Morgan fingerprint density at radius 2 is 1.81 bits per heavy atom. The average Bonchev–Trinajstić information content (AvgIpc) is 2.64. The molecule has 0 aliphatic heterocycles. The van der Waals surface area contributed by atoms with E-state index in [2.05, 4.69) is 0 Å². The van der Waals surface area contributed by atoms with Crippen molar-refractivity contribution in [3.63, 3.8) is 0 Å². The van der Waals surface area contributed by atoms with Gasteiger partial charge in [-0.3, -0.25) is 4.79 Å². The molecule has 0 radical (unpaired) electrons. The number of hydrogen-bond donors (Lipinski definition) is 0. The van der Waals surface area contributed by atoms with E-state index in [0.717, 1.165) is 5.56 Å². The Kier molecular flexibility index (Phi) is 5.19. The number of likely N-dealkylation sites (N-methyl/N-ethyl adjacent to an activating group) is 1. The Bertz CT molecular complexity index is 990. The van der Waals surface area contributed by atoms with Crippen molar-refractivity contribution in [3.8, 4) is 11.3 Å². The maximum atomic E-state index is 12.8. The van der Waals surface area contributed by atoms with Crippen LogP contribution in [-0.2, 0) is 4.74 Å². The van der Waals surface area contributed by atoms with Crippen molar-refractivity contribution in [1.82, 2.24) is 4.90 Å². The molecule has 0 amide bonds. The van der Waals surface area contributed by atoms with Crippen LogP contribution in [0.5, 0.6) is 0 Å². The summed E-state index contributed by atoms with van der Waals surface area (Å²) in [5.74, 6) is -0.0277. The molecule has 2 aromatic carbocycles. The Morgan fingerprint density at radius 3 is 2.50 bits per heavy atom. The van der Waals surface area contributed by atoms with Crippen molar-refractivity contribution in [2.24, 2.45) is 0 Å². The van der Waals surface area contributed by atoms with Crippen LogP contribution in [0.25, 0.3) is 22.3 Å². The molecule has 5 heteroatoms. The predicted octanol–water partition coefficient (Wildman–Crippen LogP) is 3.49. The molecule has 26 heavy (non-hydrogen) atoms. The highest BCUT2D eigenvalue weighted by Crippen LogP contribution is 2.27. The maximum absolute atomic E-state index is 12.8. The molecule has 0 N–H and O–H groups in total. The number of carbonyl (C=O) groups excluding carboxylic acids is 1. The lowest BCUT2D eigenvalue weighted by molar-refractivity contribution is 0.0483. The number of para-hydroxylation sites is 1. The van der Waals surface area contributed by atoms with Gasteiger partial charge in [0.15, 0.2) is 11.0 Å². The van der Waals surface area contributed by atoms with Gasteiger partial charge in [0, 0.05) is 17.7 Å². The van der Waals surface area contributed by atoms with Gasteiger partial charge in [0.25, 0.3) is 0 Å². The SMILES string of the molecule is Cc1c(-c2ccccc2)oc2c(C(=O)OCCN(C)C)cccc2c1=O. The molecule has 0 unspecified atom stereocenters. The van der Waals surface area contributed by atoms with E-state index in [1.54, 1.807) is 25.1 Å². The third-order valence-corrected chi connectivity index (χ3v) is 4.17. The van der Waals surface area contributed by atoms with Gasteiger partial charge in [-0.1, -0.05) is 36.4 Å². The van der Waals surface area contributed by atoms with E-state index in [-0.39, 0.29) is 23.2 Å². The van der Waals surface area contributed by atoms with E-state index >= 15 is 0 Å². The summed E-state index contributed by atoms with van der Waals surface area (Å²) in [6, 6.07) is 14.3. The third kappa shape index (κ3) is 3.53. The van der Waals surface area contributed by atoms with Crippen LogP contribution >= 0.6 is 0 Å². The van der Waals surface area contributed by atoms with Gasteiger partial charge in [0.1, 0.15) is 17.9 Å². The molecule has 0 fully saturated rings. The van der Waals surface area contributed by atoms with Gasteiger partial charge in [-0.2, -0.15) is 0 Å². The number of nitrogens with zero attached hydrogens (tertiary/aromatic N) is 1. The monoisotopic (exact) mass is 351 g/mol. The zero-order chi connectivity index (χ0) is 18.7. The molecule has 0 saturated heterocycles. The molecule has 0 aliphatic carbocycles. The van der Waals surface area contributed by atoms with Gasteiger partial charge in [0.05, 0.1) is 5.39 Å². The maximum Gasteiger partial charge on any atom is 0.342 e.